The average Bonchev–Trinajstić information content (AvgIpc) is 2.61. The topological polar surface area (TPSA) is 42.5 Å². The summed E-state index contributed by atoms with van der Waals surface area (Å²) in [5, 5.41) is 0. The van der Waals surface area contributed by atoms with Crippen molar-refractivity contribution in [2.45, 2.75) is 59.2 Å². The molecule has 2 aromatic carbocycles. The molecule has 0 aliphatic rings. The van der Waals surface area contributed by atoms with Crippen LogP contribution in [0, 0.1) is 6.42 Å². The van der Waals surface area contributed by atoms with E-state index in [0.717, 1.165) is 18.7 Å². The third kappa shape index (κ3) is 8.80. The van der Waals surface area contributed by atoms with E-state index in [1.807, 2.05) is 0 Å². The van der Waals surface area contributed by atoms with Crippen LogP contribution in [-0.2, 0) is 0 Å². The van der Waals surface area contributed by atoms with Crippen LogP contribution in [0.2, 0.25) is 0 Å². The molecule has 4 heteroatoms. The molecule has 0 aliphatic carbocycles. The molecule has 0 aliphatic heterocycles. The molecule has 0 amide bonds. The van der Waals surface area contributed by atoms with Crippen LogP contribution >= 0.6 is 0 Å². The Morgan fingerprint density at radius 2 is 1.44 bits per heavy atom. The number of hydrogen-bond acceptors (Lipinski definition) is 3. The fraction of sp³-hybridized carbons (Fsp3) is 0.435. The molecule has 27 heavy (non-hydrogen) atoms. The number of nitrogens with zero attached hydrogens (tertiary/aromatic N) is 1. The van der Waals surface area contributed by atoms with Crippen LogP contribution in [-0.4, -0.2) is 29.0 Å². The van der Waals surface area contributed by atoms with E-state index in [2.05, 4.69) is 101 Å². The predicted octanol–water partition coefficient (Wildman–Crippen LogP) is 2.72. The first kappa shape index (κ1) is 26.8. The minimum absolute atomic E-state index is 0. The van der Waals surface area contributed by atoms with E-state index in [-0.39, 0.29) is 69.8 Å². The van der Waals surface area contributed by atoms with Crippen molar-refractivity contribution in [3.8, 4) is 5.75 Å². The fourth-order valence-corrected chi connectivity index (χ4v) is 3.24. The Morgan fingerprint density at radius 3 is 1.93 bits per heavy atom. The molecule has 0 spiro atoms. The molecular weight excluding hydrogens is 408 g/mol. The Bertz CT molecular complexity index is 606. The molecule has 0 saturated heterocycles. The molecule has 0 fully saturated rings. The summed E-state index contributed by atoms with van der Waals surface area (Å²) in [6.45, 7) is 12.1. The van der Waals surface area contributed by atoms with Crippen molar-refractivity contribution < 1.29 is 68.4 Å². The SMILES string of the molecule is C[CH-]c1ccc(OC(CCN(C(C)C)C(C)C)c2ccccc2)cc1.[OH-].[Rb+]. The van der Waals surface area contributed by atoms with Crippen molar-refractivity contribution in [1.29, 1.82) is 0 Å². The van der Waals surface area contributed by atoms with Crippen molar-refractivity contribution in [1.82, 2.24) is 4.90 Å². The maximum absolute atomic E-state index is 6.37. The van der Waals surface area contributed by atoms with E-state index in [9.17, 15) is 0 Å². The number of benzene rings is 2. The van der Waals surface area contributed by atoms with E-state index in [0.29, 0.717) is 12.1 Å². The van der Waals surface area contributed by atoms with Crippen LogP contribution in [0.15, 0.2) is 54.6 Å². The van der Waals surface area contributed by atoms with Gasteiger partial charge in [-0.2, -0.15) is 24.1 Å². The largest absolute Gasteiger partial charge is 1.00 e. The molecule has 3 nitrogen and oxygen atoms in total. The summed E-state index contributed by atoms with van der Waals surface area (Å²) in [5.41, 5.74) is 2.45. The predicted molar refractivity (Wildman–Crippen MR) is 109 cm³/mol. The van der Waals surface area contributed by atoms with E-state index < -0.39 is 0 Å². The van der Waals surface area contributed by atoms with Crippen LogP contribution in [0.3, 0.4) is 0 Å². The molecule has 1 atom stereocenters. The van der Waals surface area contributed by atoms with Gasteiger partial charge in [-0.1, -0.05) is 49.4 Å². The van der Waals surface area contributed by atoms with Gasteiger partial charge in [-0.05, 0) is 33.3 Å². The van der Waals surface area contributed by atoms with E-state index in [1.165, 1.54) is 11.1 Å². The maximum Gasteiger partial charge on any atom is 1.00 e. The van der Waals surface area contributed by atoms with Crippen molar-refractivity contribution in [3.05, 3.63) is 72.1 Å². The minimum Gasteiger partial charge on any atom is -0.870 e. The zero-order chi connectivity index (χ0) is 18.2. The summed E-state index contributed by atoms with van der Waals surface area (Å²) < 4.78 is 6.37. The van der Waals surface area contributed by atoms with Gasteiger partial charge in [0.15, 0.2) is 0 Å². The van der Waals surface area contributed by atoms with E-state index >= 15 is 0 Å². The summed E-state index contributed by atoms with van der Waals surface area (Å²) >= 11 is 0. The Morgan fingerprint density at radius 1 is 0.889 bits per heavy atom. The van der Waals surface area contributed by atoms with E-state index in [4.69, 9.17) is 4.74 Å². The normalized spacial score (nSPS) is 11.7. The molecule has 1 N–H and O–H groups in total. The Hall–Kier alpha value is -0.165. The van der Waals surface area contributed by atoms with Crippen LogP contribution < -0.4 is 62.9 Å². The zero-order valence-corrected chi connectivity index (χ0v) is 22.6. The second kappa shape index (κ2) is 13.9. The zero-order valence-electron chi connectivity index (χ0n) is 17.7. The monoisotopic (exact) mass is 440 g/mol. The molecule has 2 rings (SSSR count). The van der Waals surface area contributed by atoms with E-state index in [1.54, 1.807) is 0 Å². The van der Waals surface area contributed by atoms with Gasteiger partial charge in [0, 0.05) is 25.0 Å². The molecule has 0 aromatic heterocycles. The first-order chi connectivity index (χ1) is 12.0. The number of hydrogen-bond donors (Lipinski definition) is 0. The number of ether oxygens (including phenoxy) is 1. The Balaban J connectivity index is 0.00000338. The molecule has 0 bridgehead atoms. The Kier molecular flexibility index (Phi) is 13.8. The van der Waals surface area contributed by atoms with Crippen LogP contribution in [0.4, 0.5) is 0 Å². The second-order valence-corrected chi connectivity index (χ2v) is 7.09. The smallest absolute Gasteiger partial charge is 0.870 e. The van der Waals surface area contributed by atoms with Crippen molar-refractivity contribution in [2.24, 2.45) is 0 Å². The second-order valence-electron chi connectivity index (χ2n) is 7.09. The molecule has 0 heterocycles. The van der Waals surface area contributed by atoms with Gasteiger partial charge < -0.3 is 10.2 Å². The average molecular weight is 441 g/mol. The molecule has 0 radical (unpaired) electrons. The quantitative estimate of drug-likeness (QED) is 0.563. The summed E-state index contributed by atoms with van der Waals surface area (Å²) in [4.78, 5) is 2.52. The van der Waals surface area contributed by atoms with Gasteiger partial charge in [0.2, 0.25) is 0 Å². The van der Waals surface area contributed by atoms with Gasteiger partial charge in [-0.15, -0.1) is 0 Å². The molecule has 144 valence electrons. The minimum atomic E-state index is 0. The van der Waals surface area contributed by atoms with Gasteiger partial charge in [0.05, 0.1) is 5.75 Å². The molecule has 0 saturated carbocycles. The van der Waals surface area contributed by atoms with Gasteiger partial charge in [0.1, 0.15) is 6.10 Å². The van der Waals surface area contributed by atoms with Gasteiger partial charge >= 0.3 is 58.2 Å². The summed E-state index contributed by atoms with van der Waals surface area (Å²) in [6.07, 6.45) is 3.14. The third-order valence-electron chi connectivity index (χ3n) is 4.64. The molecular formula is C23H33NO2Rb-. The molecule has 2 aromatic rings. The van der Waals surface area contributed by atoms with Gasteiger partial charge in [-0.25, -0.2) is 0 Å². The molecule has 1 unspecified atom stereocenters. The maximum atomic E-state index is 6.37. The van der Waals surface area contributed by atoms with Gasteiger partial charge in [0.25, 0.3) is 0 Å². The first-order valence-electron chi connectivity index (χ1n) is 9.38. The summed E-state index contributed by atoms with van der Waals surface area (Å²) in [5.74, 6) is 0.931. The summed E-state index contributed by atoms with van der Waals surface area (Å²) in [7, 11) is 0. The fourth-order valence-electron chi connectivity index (χ4n) is 3.24. The Labute approximate surface area is 214 Å². The first-order valence-corrected chi connectivity index (χ1v) is 9.38. The standard InChI is InChI=1S/C23H32NO.H2O.Rb/c1-6-20-12-14-22(15-13-20)25-23(21-10-8-7-9-11-21)16-17-24(18(2)3)19(4)5;;/h6-15,18-19,23H,16-17H2,1-5H3;1H2;/q-1;;+1/p-1. The number of rotatable bonds is 9. The van der Waals surface area contributed by atoms with Crippen molar-refractivity contribution in [3.63, 3.8) is 0 Å². The van der Waals surface area contributed by atoms with Crippen LogP contribution in [0.1, 0.15) is 58.3 Å². The third-order valence-corrected chi connectivity index (χ3v) is 4.64. The van der Waals surface area contributed by atoms with Crippen LogP contribution in [0.25, 0.3) is 0 Å². The van der Waals surface area contributed by atoms with Gasteiger partial charge in [-0.3, -0.25) is 4.90 Å². The van der Waals surface area contributed by atoms with Crippen molar-refractivity contribution >= 4 is 0 Å². The van der Waals surface area contributed by atoms with Crippen LogP contribution in [0.5, 0.6) is 5.75 Å². The van der Waals surface area contributed by atoms with Crippen molar-refractivity contribution in [2.75, 3.05) is 6.54 Å². The summed E-state index contributed by atoms with van der Waals surface area (Å²) in [6, 6.07) is 20.0.